The minimum atomic E-state index is 0. The second kappa shape index (κ2) is 3.36. The minimum Gasteiger partial charge on any atom is -0.375 e. The first-order chi connectivity index (χ1) is 3.70. The molecule has 1 heterocycles. The van der Waals surface area contributed by atoms with E-state index < -0.39 is 0 Å². The molecule has 0 radical (unpaired) electrons. The Kier molecular flexibility index (Phi) is 3.42. The van der Waals surface area contributed by atoms with E-state index in [0.717, 1.165) is 5.69 Å². The predicted octanol–water partition coefficient (Wildman–Crippen LogP) is 1.96. The molecule has 0 aliphatic heterocycles. The van der Waals surface area contributed by atoms with Crippen LogP contribution in [0.15, 0.2) is 0 Å². The monoisotopic (exact) mass is 256 g/mol. The summed E-state index contributed by atoms with van der Waals surface area (Å²) in [6.45, 7) is 3.98. The second-order valence-corrected chi connectivity index (χ2v) is 2.93. The number of nitrogens with two attached hydrogens (primary N) is 1. The molecule has 0 saturated heterocycles. The Hall–Kier alpha value is 0.160. The van der Waals surface area contributed by atoms with Crippen LogP contribution < -0.4 is 5.73 Å². The van der Waals surface area contributed by atoms with Gasteiger partial charge in [0.25, 0.3) is 0 Å². The van der Waals surface area contributed by atoms with Gasteiger partial charge in [-0.1, -0.05) is 0 Å². The van der Waals surface area contributed by atoms with Crippen molar-refractivity contribution in [2.45, 2.75) is 13.8 Å². The third-order valence-corrected chi connectivity index (χ3v) is 1.95. The van der Waals surface area contributed by atoms with E-state index in [1.807, 2.05) is 13.8 Å². The zero-order valence-corrected chi connectivity index (χ0v) is 8.49. The number of anilines is 1. The zero-order chi connectivity index (χ0) is 6.15. The lowest BCUT2D eigenvalue weighted by Gasteiger charge is -1.77. The Morgan fingerprint density at radius 1 is 1.44 bits per heavy atom. The van der Waals surface area contributed by atoms with Gasteiger partial charge < -0.3 is 5.73 Å². The number of hydrogen-bond donors (Lipinski definition) is 1. The number of hydrogen-bond acceptors (Lipinski definition) is 3. The van der Waals surface area contributed by atoms with Gasteiger partial charge in [-0.15, -0.1) is 35.3 Å². The molecular weight excluding hydrogens is 247 g/mol. The zero-order valence-electron chi connectivity index (χ0n) is 5.34. The molecule has 0 atom stereocenters. The highest BCUT2D eigenvalue weighted by molar-refractivity contribution is 14.0. The van der Waals surface area contributed by atoms with E-state index in [9.17, 15) is 0 Å². The Balaban J connectivity index is 0.000000640. The summed E-state index contributed by atoms with van der Waals surface area (Å²) in [6.07, 6.45) is 0. The van der Waals surface area contributed by atoms with Crippen molar-refractivity contribution in [2.75, 3.05) is 5.73 Å². The van der Waals surface area contributed by atoms with Crippen molar-refractivity contribution in [3.05, 3.63) is 10.6 Å². The van der Waals surface area contributed by atoms with E-state index in [1.165, 1.54) is 16.2 Å². The number of aryl methyl sites for hydroxylation is 2. The summed E-state index contributed by atoms with van der Waals surface area (Å²) in [5.41, 5.74) is 6.44. The first kappa shape index (κ1) is 9.16. The minimum absolute atomic E-state index is 0. The molecule has 4 heteroatoms. The summed E-state index contributed by atoms with van der Waals surface area (Å²) in [7, 11) is 0. The maximum absolute atomic E-state index is 5.39. The topological polar surface area (TPSA) is 38.9 Å². The summed E-state index contributed by atoms with van der Waals surface area (Å²) in [5.74, 6) is 0. The maximum atomic E-state index is 5.39. The number of aromatic nitrogens is 1. The average molecular weight is 256 g/mol. The molecule has 0 aliphatic rings. The Morgan fingerprint density at radius 2 is 2.00 bits per heavy atom. The SMILES string of the molecule is Cc1nc(N)sc1C.I. The van der Waals surface area contributed by atoms with Gasteiger partial charge in [0, 0.05) is 4.88 Å². The van der Waals surface area contributed by atoms with Gasteiger partial charge in [0.15, 0.2) is 5.13 Å². The number of nitrogen functional groups attached to an aromatic ring is 1. The van der Waals surface area contributed by atoms with E-state index in [0.29, 0.717) is 5.13 Å². The van der Waals surface area contributed by atoms with E-state index in [-0.39, 0.29) is 24.0 Å². The fourth-order valence-corrected chi connectivity index (χ4v) is 1.19. The van der Waals surface area contributed by atoms with Crippen LogP contribution in [0.5, 0.6) is 0 Å². The van der Waals surface area contributed by atoms with E-state index in [2.05, 4.69) is 4.98 Å². The normalized spacial score (nSPS) is 8.67. The molecule has 1 rings (SSSR count). The molecule has 0 aliphatic carbocycles. The lowest BCUT2D eigenvalue weighted by molar-refractivity contribution is 1.24. The smallest absolute Gasteiger partial charge is 0.180 e. The molecule has 0 bridgehead atoms. The highest BCUT2D eigenvalue weighted by Crippen LogP contribution is 2.16. The van der Waals surface area contributed by atoms with Gasteiger partial charge >= 0.3 is 0 Å². The van der Waals surface area contributed by atoms with Crippen LogP contribution in [0.25, 0.3) is 0 Å². The summed E-state index contributed by atoms with van der Waals surface area (Å²) < 4.78 is 0. The van der Waals surface area contributed by atoms with Crippen LogP contribution in [-0.2, 0) is 0 Å². The first-order valence-corrected chi connectivity index (χ1v) is 3.21. The first-order valence-electron chi connectivity index (χ1n) is 2.39. The molecule has 1 aromatic heterocycles. The Labute approximate surface area is 75.5 Å². The van der Waals surface area contributed by atoms with Gasteiger partial charge in [-0.2, -0.15) is 0 Å². The molecule has 2 nitrogen and oxygen atoms in total. The number of rotatable bonds is 0. The van der Waals surface area contributed by atoms with Crippen molar-refractivity contribution in [3.63, 3.8) is 0 Å². The Morgan fingerprint density at radius 3 is 2.11 bits per heavy atom. The molecule has 0 amide bonds. The van der Waals surface area contributed by atoms with Crippen molar-refractivity contribution in [1.82, 2.24) is 4.98 Å². The van der Waals surface area contributed by atoms with Crippen molar-refractivity contribution >= 4 is 40.4 Å². The maximum Gasteiger partial charge on any atom is 0.180 e. The molecule has 52 valence electrons. The van der Waals surface area contributed by atoms with Gasteiger partial charge in [-0.3, -0.25) is 0 Å². The van der Waals surface area contributed by atoms with Crippen LogP contribution in [0.2, 0.25) is 0 Å². The van der Waals surface area contributed by atoms with Gasteiger partial charge in [-0.05, 0) is 13.8 Å². The van der Waals surface area contributed by atoms with Crippen LogP contribution in [0, 0.1) is 13.8 Å². The summed E-state index contributed by atoms with van der Waals surface area (Å²) in [5, 5.41) is 0.667. The quantitative estimate of drug-likeness (QED) is 0.720. The highest BCUT2D eigenvalue weighted by atomic mass is 127. The van der Waals surface area contributed by atoms with Crippen LogP contribution in [0.3, 0.4) is 0 Å². The highest BCUT2D eigenvalue weighted by Gasteiger charge is 1.96. The molecule has 0 fully saturated rings. The van der Waals surface area contributed by atoms with E-state index >= 15 is 0 Å². The van der Waals surface area contributed by atoms with Gasteiger partial charge in [0.2, 0.25) is 0 Å². The van der Waals surface area contributed by atoms with Crippen LogP contribution in [0.1, 0.15) is 10.6 Å². The van der Waals surface area contributed by atoms with Crippen molar-refractivity contribution in [2.24, 2.45) is 0 Å². The Bertz CT molecular complexity index is 177. The number of halogens is 1. The second-order valence-electron chi connectivity index (χ2n) is 1.69. The summed E-state index contributed by atoms with van der Waals surface area (Å²) in [4.78, 5) is 5.22. The van der Waals surface area contributed by atoms with Crippen LogP contribution in [0.4, 0.5) is 5.13 Å². The van der Waals surface area contributed by atoms with Crippen molar-refractivity contribution < 1.29 is 0 Å². The van der Waals surface area contributed by atoms with Crippen molar-refractivity contribution in [1.29, 1.82) is 0 Å². The lowest BCUT2D eigenvalue weighted by atomic mass is 10.4. The lowest BCUT2D eigenvalue weighted by Crippen LogP contribution is -1.80. The largest absolute Gasteiger partial charge is 0.375 e. The van der Waals surface area contributed by atoms with Crippen LogP contribution >= 0.6 is 35.3 Å². The number of thiazole rings is 1. The predicted molar refractivity (Wildman–Crippen MR) is 51.4 cm³/mol. The summed E-state index contributed by atoms with van der Waals surface area (Å²) in [6, 6.07) is 0. The van der Waals surface area contributed by atoms with E-state index in [4.69, 9.17) is 5.73 Å². The molecule has 1 aromatic rings. The molecule has 0 aromatic carbocycles. The van der Waals surface area contributed by atoms with Gasteiger partial charge in [0.05, 0.1) is 5.69 Å². The molecule has 0 saturated carbocycles. The molecule has 0 spiro atoms. The third-order valence-electron chi connectivity index (χ3n) is 1.05. The van der Waals surface area contributed by atoms with Gasteiger partial charge in [-0.25, -0.2) is 4.98 Å². The molecule has 9 heavy (non-hydrogen) atoms. The molecular formula is C5H9IN2S. The average Bonchev–Trinajstić information content (AvgIpc) is 1.85. The fourth-order valence-electron chi connectivity index (χ4n) is 0.498. The van der Waals surface area contributed by atoms with Crippen LogP contribution in [-0.4, -0.2) is 4.98 Å². The fraction of sp³-hybridized carbons (Fsp3) is 0.400. The number of nitrogens with zero attached hydrogens (tertiary/aromatic N) is 1. The summed E-state index contributed by atoms with van der Waals surface area (Å²) >= 11 is 1.54. The molecule has 2 N–H and O–H groups in total. The standard InChI is InChI=1S/C5H8N2S.HI/c1-3-4(2)8-5(6)7-3;/h1-2H3,(H2,6,7);1H. The van der Waals surface area contributed by atoms with Crippen molar-refractivity contribution in [3.8, 4) is 0 Å². The molecule has 0 unspecified atom stereocenters. The van der Waals surface area contributed by atoms with Gasteiger partial charge in [0.1, 0.15) is 0 Å². The van der Waals surface area contributed by atoms with E-state index in [1.54, 1.807) is 0 Å². The third kappa shape index (κ3) is 2.09.